The lowest BCUT2D eigenvalue weighted by molar-refractivity contribution is -0.384. The molecule has 0 bridgehead atoms. The zero-order valence-corrected chi connectivity index (χ0v) is 22.1. The fourth-order valence-electron chi connectivity index (χ4n) is 4.67. The molecular formula is C29H37N3O5. The van der Waals surface area contributed by atoms with E-state index >= 15 is 0 Å². The zero-order valence-electron chi connectivity index (χ0n) is 22.1. The molecule has 0 saturated carbocycles. The van der Waals surface area contributed by atoms with Crippen molar-refractivity contribution in [3.63, 3.8) is 0 Å². The van der Waals surface area contributed by atoms with Crippen LogP contribution in [-0.4, -0.2) is 27.0 Å². The lowest BCUT2D eigenvalue weighted by Gasteiger charge is -2.09. The molecule has 0 saturated heterocycles. The smallest absolute Gasteiger partial charge is 0.331 e. The number of aromatic nitrogens is 1. The molecule has 37 heavy (non-hydrogen) atoms. The first-order chi connectivity index (χ1) is 17.9. The first-order valence-corrected chi connectivity index (χ1v) is 13.4. The summed E-state index contributed by atoms with van der Waals surface area (Å²) < 4.78 is 2.19. The van der Waals surface area contributed by atoms with Crippen LogP contribution in [0.2, 0.25) is 0 Å². The van der Waals surface area contributed by atoms with Gasteiger partial charge in [-0.2, -0.15) is 0 Å². The van der Waals surface area contributed by atoms with Gasteiger partial charge < -0.3 is 9.40 Å². The molecule has 1 aromatic heterocycles. The van der Waals surface area contributed by atoms with Gasteiger partial charge in [0.25, 0.3) is 5.69 Å². The SMILES string of the molecule is CCCCCCCCn1c2ccc(C(=O)C(CCCCC)=NOC(C)=O)cc2c2cc([N+](=O)[O-])ccc21. The van der Waals surface area contributed by atoms with Crippen molar-refractivity contribution in [3.05, 3.63) is 52.1 Å². The van der Waals surface area contributed by atoms with Crippen LogP contribution in [0.3, 0.4) is 0 Å². The van der Waals surface area contributed by atoms with Crippen molar-refractivity contribution in [1.29, 1.82) is 0 Å². The van der Waals surface area contributed by atoms with Crippen molar-refractivity contribution in [2.75, 3.05) is 0 Å². The molecule has 0 spiro atoms. The summed E-state index contributed by atoms with van der Waals surface area (Å²) in [6.45, 7) is 6.31. The number of carbonyl (C=O) groups excluding carboxylic acids is 2. The lowest BCUT2D eigenvalue weighted by Crippen LogP contribution is -2.16. The first kappa shape index (κ1) is 28.0. The molecule has 0 atom stereocenters. The summed E-state index contributed by atoms with van der Waals surface area (Å²) in [5.41, 5.74) is 2.48. The van der Waals surface area contributed by atoms with Crippen LogP contribution in [-0.2, 0) is 16.2 Å². The number of nitro groups is 1. The van der Waals surface area contributed by atoms with Crippen LogP contribution < -0.4 is 0 Å². The molecule has 8 nitrogen and oxygen atoms in total. The summed E-state index contributed by atoms with van der Waals surface area (Å²) in [5, 5.41) is 16.9. The second kappa shape index (κ2) is 13.7. The quantitative estimate of drug-likeness (QED) is 0.0522. The van der Waals surface area contributed by atoms with Crippen LogP contribution in [0.4, 0.5) is 5.69 Å². The van der Waals surface area contributed by atoms with Gasteiger partial charge in [0.1, 0.15) is 5.71 Å². The van der Waals surface area contributed by atoms with Crippen molar-refractivity contribution in [2.45, 2.75) is 91.5 Å². The number of hydrogen-bond acceptors (Lipinski definition) is 6. The summed E-state index contributed by atoms with van der Waals surface area (Å²) in [5.74, 6) is -0.886. The van der Waals surface area contributed by atoms with Gasteiger partial charge >= 0.3 is 5.97 Å². The number of fused-ring (bicyclic) bond motifs is 3. The van der Waals surface area contributed by atoms with Crippen molar-refractivity contribution >= 4 is 45.0 Å². The molecule has 0 aliphatic carbocycles. The molecule has 3 aromatic rings. The Bertz CT molecular complexity index is 1290. The molecule has 0 aliphatic heterocycles. The highest BCUT2D eigenvalue weighted by atomic mass is 16.7. The number of oxime groups is 1. The topological polar surface area (TPSA) is 104 Å². The number of hydrogen-bond donors (Lipinski definition) is 0. The Morgan fingerprint density at radius 2 is 1.51 bits per heavy atom. The Morgan fingerprint density at radius 3 is 2.19 bits per heavy atom. The van der Waals surface area contributed by atoms with Gasteiger partial charge in [0, 0.05) is 53.0 Å². The molecule has 0 radical (unpaired) electrons. The molecular weight excluding hydrogens is 470 g/mol. The van der Waals surface area contributed by atoms with Gasteiger partial charge in [-0.25, -0.2) is 4.79 Å². The van der Waals surface area contributed by atoms with E-state index in [-0.39, 0.29) is 17.2 Å². The Hall–Kier alpha value is -3.55. The monoisotopic (exact) mass is 507 g/mol. The Labute approximate surface area is 217 Å². The molecule has 198 valence electrons. The Balaban J connectivity index is 2.00. The summed E-state index contributed by atoms with van der Waals surface area (Å²) in [4.78, 5) is 40.6. The van der Waals surface area contributed by atoms with E-state index < -0.39 is 10.9 Å². The van der Waals surface area contributed by atoms with E-state index in [0.29, 0.717) is 12.0 Å². The fourth-order valence-corrected chi connectivity index (χ4v) is 4.67. The minimum atomic E-state index is -0.582. The van der Waals surface area contributed by atoms with E-state index in [1.54, 1.807) is 24.3 Å². The fraction of sp³-hybridized carbons (Fsp3) is 0.483. The van der Waals surface area contributed by atoms with Crippen molar-refractivity contribution in [3.8, 4) is 0 Å². The number of nitrogens with zero attached hydrogens (tertiary/aromatic N) is 3. The lowest BCUT2D eigenvalue weighted by atomic mass is 10.00. The van der Waals surface area contributed by atoms with Gasteiger partial charge in [0.05, 0.1) is 4.92 Å². The maximum atomic E-state index is 13.4. The molecule has 0 N–H and O–H groups in total. The van der Waals surface area contributed by atoms with E-state index in [9.17, 15) is 19.7 Å². The second-order valence-corrected chi connectivity index (χ2v) is 9.52. The zero-order chi connectivity index (χ0) is 26.8. The summed E-state index contributed by atoms with van der Waals surface area (Å²) in [6, 6.07) is 10.4. The number of nitro benzene ring substituents is 1. The highest BCUT2D eigenvalue weighted by Gasteiger charge is 2.20. The maximum absolute atomic E-state index is 13.4. The molecule has 0 unspecified atom stereocenters. The van der Waals surface area contributed by atoms with Gasteiger partial charge in [-0.05, 0) is 43.5 Å². The van der Waals surface area contributed by atoms with Crippen LogP contribution >= 0.6 is 0 Å². The molecule has 1 heterocycles. The summed E-state index contributed by atoms with van der Waals surface area (Å²) in [7, 11) is 0. The minimum absolute atomic E-state index is 0.0134. The van der Waals surface area contributed by atoms with E-state index in [2.05, 4.69) is 23.6 Å². The van der Waals surface area contributed by atoms with E-state index in [0.717, 1.165) is 60.5 Å². The largest absolute Gasteiger partial charge is 0.340 e. The Kier molecular flexibility index (Phi) is 10.4. The third-order valence-electron chi connectivity index (χ3n) is 6.62. The average Bonchev–Trinajstić information content (AvgIpc) is 3.19. The molecule has 2 aromatic carbocycles. The third-order valence-corrected chi connectivity index (χ3v) is 6.62. The molecule has 0 aliphatic rings. The highest BCUT2D eigenvalue weighted by molar-refractivity contribution is 6.46. The minimum Gasteiger partial charge on any atom is -0.340 e. The normalized spacial score (nSPS) is 11.8. The number of ketones is 1. The molecule has 8 heteroatoms. The number of unbranched alkanes of at least 4 members (excludes halogenated alkanes) is 7. The van der Waals surface area contributed by atoms with Crippen LogP contribution in [0, 0.1) is 10.1 Å². The maximum Gasteiger partial charge on any atom is 0.331 e. The van der Waals surface area contributed by atoms with Gasteiger partial charge in [-0.3, -0.25) is 14.9 Å². The second-order valence-electron chi connectivity index (χ2n) is 9.52. The van der Waals surface area contributed by atoms with Crippen molar-refractivity contribution in [2.24, 2.45) is 5.16 Å². The predicted octanol–water partition coefficient (Wildman–Crippen LogP) is 7.75. The van der Waals surface area contributed by atoms with Gasteiger partial charge in [0.15, 0.2) is 0 Å². The van der Waals surface area contributed by atoms with E-state index in [4.69, 9.17) is 4.84 Å². The van der Waals surface area contributed by atoms with Crippen LogP contribution in [0.25, 0.3) is 21.8 Å². The number of rotatable bonds is 15. The standard InChI is InChI=1S/C29H37N3O5/c1-4-6-8-9-10-12-18-31-27-16-14-22(29(34)26(13-11-7-5-2)30-37-21(3)33)19-24(27)25-20-23(32(35)36)15-17-28(25)31/h14-17,19-20H,4-13,18H2,1-3H3. The molecule has 3 rings (SSSR count). The first-order valence-electron chi connectivity index (χ1n) is 13.4. The van der Waals surface area contributed by atoms with Gasteiger partial charge in [0.2, 0.25) is 5.78 Å². The summed E-state index contributed by atoms with van der Waals surface area (Å²) >= 11 is 0. The van der Waals surface area contributed by atoms with Crippen LogP contribution in [0.5, 0.6) is 0 Å². The van der Waals surface area contributed by atoms with Crippen molar-refractivity contribution in [1.82, 2.24) is 4.57 Å². The van der Waals surface area contributed by atoms with E-state index in [1.165, 1.54) is 38.7 Å². The summed E-state index contributed by atoms with van der Waals surface area (Å²) in [6.07, 6.45) is 10.1. The third kappa shape index (κ3) is 7.24. The van der Waals surface area contributed by atoms with Crippen LogP contribution in [0.15, 0.2) is 41.6 Å². The number of carbonyl (C=O) groups is 2. The predicted molar refractivity (Wildman–Crippen MR) is 147 cm³/mol. The molecule has 0 amide bonds. The van der Waals surface area contributed by atoms with Gasteiger partial charge in [-0.1, -0.05) is 63.9 Å². The van der Waals surface area contributed by atoms with Gasteiger partial charge in [-0.15, -0.1) is 0 Å². The Morgan fingerprint density at radius 1 is 0.892 bits per heavy atom. The number of benzene rings is 2. The van der Waals surface area contributed by atoms with E-state index in [1.807, 2.05) is 6.07 Å². The van der Waals surface area contributed by atoms with Crippen LogP contribution in [0.1, 0.15) is 95.3 Å². The molecule has 0 fully saturated rings. The average molecular weight is 508 g/mol. The highest BCUT2D eigenvalue weighted by Crippen LogP contribution is 2.33. The number of aryl methyl sites for hydroxylation is 1. The van der Waals surface area contributed by atoms with Crippen molar-refractivity contribution < 1.29 is 19.3 Å². The number of non-ortho nitro benzene ring substituents is 1. The number of Topliss-reactive ketones (excluding diaryl/α,β-unsaturated/α-hetero) is 1.